The Bertz CT molecular complexity index is 628. The van der Waals surface area contributed by atoms with Gasteiger partial charge in [-0.2, -0.15) is 0 Å². The van der Waals surface area contributed by atoms with Crippen LogP contribution in [0.2, 0.25) is 0 Å². The Hall–Kier alpha value is -0.530. The smallest absolute Gasteiger partial charge is 0.128 e. The summed E-state index contributed by atoms with van der Waals surface area (Å²) in [6.45, 7) is 10.1. The second kappa shape index (κ2) is 7.56. The summed E-state index contributed by atoms with van der Waals surface area (Å²) in [5, 5.41) is 4.50. The van der Waals surface area contributed by atoms with Crippen LogP contribution in [-0.4, -0.2) is 12.3 Å². The summed E-state index contributed by atoms with van der Waals surface area (Å²) in [6, 6.07) is 0. The summed E-state index contributed by atoms with van der Waals surface area (Å²) in [6.07, 6.45) is 19.9. The van der Waals surface area contributed by atoms with Crippen LogP contribution in [0.25, 0.3) is 0 Å². The van der Waals surface area contributed by atoms with E-state index in [1.54, 1.807) is 0 Å². The van der Waals surface area contributed by atoms with Crippen molar-refractivity contribution in [3.8, 4) is 0 Å². The second-order valence-electron chi connectivity index (χ2n) is 12.5. The molecular formula is C27H45NO. The Labute approximate surface area is 179 Å². The number of oxime groups is 1. The van der Waals surface area contributed by atoms with Gasteiger partial charge in [0, 0.05) is 5.41 Å². The molecular weight excluding hydrogens is 354 g/mol. The minimum absolute atomic E-state index is 0.395. The van der Waals surface area contributed by atoms with E-state index in [1.165, 1.54) is 77.0 Å². The van der Waals surface area contributed by atoms with Crippen LogP contribution in [0.3, 0.4) is 0 Å². The highest BCUT2D eigenvalue weighted by Crippen LogP contribution is 2.68. The number of hydrogen-bond donors (Lipinski definition) is 0. The average molecular weight is 400 g/mol. The van der Waals surface area contributed by atoms with Crippen LogP contribution in [0.4, 0.5) is 0 Å². The fourth-order valence-corrected chi connectivity index (χ4v) is 9.52. The maximum absolute atomic E-state index is 5.75. The van der Waals surface area contributed by atoms with Crippen LogP contribution in [-0.2, 0) is 4.84 Å². The molecule has 5 aliphatic rings. The largest absolute Gasteiger partial charge is 0.393 e. The van der Waals surface area contributed by atoms with Crippen molar-refractivity contribution in [1.82, 2.24) is 0 Å². The maximum atomic E-state index is 5.75. The monoisotopic (exact) mass is 399 g/mol. The van der Waals surface area contributed by atoms with E-state index < -0.39 is 0 Å². The molecule has 0 aromatic heterocycles. The molecule has 4 saturated carbocycles. The Morgan fingerprint density at radius 1 is 0.966 bits per heavy atom. The van der Waals surface area contributed by atoms with Gasteiger partial charge in [-0.25, -0.2) is 0 Å². The first kappa shape index (κ1) is 20.4. The summed E-state index contributed by atoms with van der Waals surface area (Å²) in [4.78, 5) is 5.75. The lowest BCUT2D eigenvalue weighted by molar-refractivity contribution is -0.129. The molecule has 1 heterocycles. The van der Waals surface area contributed by atoms with Gasteiger partial charge in [-0.15, -0.1) is 0 Å². The fraction of sp³-hybridized carbons (Fsp3) is 0.963. The molecule has 4 aliphatic carbocycles. The molecule has 29 heavy (non-hydrogen) atoms. The highest BCUT2D eigenvalue weighted by Gasteiger charge is 2.62. The molecule has 0 radical (unpaired) electrons. The van der Waals surface area contributed by atoms with Crippen molar-refractivity contribution < 1.29 is 4.84 Å². The SMILES string of the molecule is CC(C)CCCC(C)C1CCC2C3CCC4CCC5CC4(C=NO5)C3CCC12C. The third-order valence-corrected chi connectivity index (χ3v) is 10.9. The molecule has 2 bridgehead atoms. The molecule has 164 valence electrons. The van der Waals surface area contributed by atoms with E-state index in [0.717, 1.165) is 41.4 Å². The van der Waals surface area contributed by atoms with Crippen molar-refractivity contribution in [2.75, 3.05) is 0 Å². The molecule has 0 saturated heterocycles. The summed E-state index contributed by atoms with van der Waals surface area (Å²) in [5.74, 6) is 6.47. The normalized spacial score (nSPS) is 49.1. The average Bonchev–Trinajstić information content (AvgIpc) is 3.04. The van der Waals surface area contributed by atoms with Gasteiger partial charge in [0.05, 0.1) is 6.21 Å². The lowest BCUT2D eigenvalue weighted by atomic mass is 9.44. The predicted octanol–water partition coefficient (Wildman–Crippen LogP) is 7.47. The molecule has 0 aromatic carbocycles. The lowest BCUT2D eigenvalue weighted by Crippen LogP contribution is -2.57. The molecule has 5 rings (SSSR count). The van der Waals surface area contributed by atoms with Gasteiger partial charge in [-0.3, -0.25) is 0 Å². The quantitative estimate of drug-likeness (QED) is 0.470. The van der Waals surface area contributed by atoms with E-state index in [1.807, 2.05) is 0 Å². The second-order valence-corrected chi connectivity index (χ2v) is 12.5. The minimum Gasteiger partial charge on any atom is -0.393 e. The van der Waals surface area contributed by atoms with Gasteiger partial charge in [0.15, 0.2) is 0 Å². The number of hydrogen-bond acceptors (Lipinski definition) is 2. The van der Waals surface area contributed by atoms with Crippen molar-refractivity contribution >= 4 is 6.21 Å². The van der Waals surface area contributed by atoms with E-state index in [9.17, 15) is 0 Å². The Balaban J connectivity index is 1.33. The first-order chi connectivity index (χ1) is 13.9. The predicted molar refractivity (Wildman–Crippen MR) is 121 cm³/mol. The van der Waals surface area contributed by atoms with E-state index in [0.29, 0.717) is 16.9 Å². The zero-order valence-corrected chi connectivity index (χ0v) is 19.5. The third kappa shape index (κ3) is 3.21. The summed E-state index contributed by atoms with van der Waals surface area (Å²) >= 11 is 0. The minimum atomic E-state index is 0.395. The molecule has 0 N–H and O–H groups in total. The van der Waals surface area contributed by atoms with Crippen molar-refractivity contribution in [1.29, 1.82) is 0 Å². The van der Waals surface area contributed by atoms with Crippen LogP contribution in [0.1, 0.15) is 105 Å². The number of rotatable bonds is 5. The summed E-state index contributed by atoms with van der Waals surface area (Å²) < 4.78 is 0. The van der Waals surface area contributed by atoms with Crippen LogP contribution >= 0.6 is 0 Å². The highest BCUT2D eigenvalue weighted by molar-refractivity contribution is 5.68. The molecule has 1 aliphatic heterocycles. The van der Waals surface area contributed by atoms with Crippen molar-refractivity contribution in [3.05, 3.63) is 0 Å². The molecule has 9 atom stereocenters. The van der Waals surface area contributed by atoms with E-state index in [4.69, 9.17) is 4.84 Å². The summed E-state index contributed by atoms with van der Waals surface area (Å²) in [5.41, 5.74) is 1.00. The molecule has 0 amide bonds. The van der Waals surface area contributed by atoms with Crippen LogP contribution < -0.4 is 0 Å². The van der Waals surface area contributed by atoms with Crippen molar-refractivity contribution in [3.63, 3.8) is 0 Å². The molecule has 9 unspecified atom stereocenters. The highest BCUT2D eigenvalue weighted by atomic mass is 16.6. The van der Waals surface area contributed by atoms with E-state index in [2.05, 4.69) is 39.1 Å². The van der Waals surface area contributed by atoms with Crippen LogP contribution in [0.15, 0.2) is 5.16 Å². The van der Waals surface area contributed by atoms with Gasteiger partial charge in [-0.05, 0) is 105 Å². The Kier molecular flexibility index (Phi) is 5.31. The molecule has 0 aromatic rings. The zero-order valence-electron chi connectivity index (χ0n) is 19.5. The third-order valence-electron chi connectivity index (χ3n) is 10.9. The molecule has 4 fully saturated rings. The Morgan fingerprint density at radius 2 is 1.79 bits per heavy atom. The van der Waals surface area contributed by atoms with E-state index >= 15 is 0 Å². The topological polar surface area (TPSA) is 21.6 Å². The van der Waals surface area contributed by atoms with Gasteiger partial charge < -0.3 is 4.84 Å². The molecule has 1 spiro atoms. The Morgan fingerprint density at radius 3 is 2.62 bits per heavy atom. The fourth-order valence-electron chi connectivity index (χ4n) is 9.52. The van der Waals surface area contributed by atoms with Crippen molar-refractivity contribution in [2.24, 2.45) is 57.4 Å². The lowest BCUT2D eigenvalue weighted by Gasteiger charge is -2.61. The van der Waals surface area contributed by atoms with Gasteiger partial charge in [-0.1, -0.05) is 52.1 Å². The van der Waals surface area contributed by atoms with E-state index in [-0.39, 0.29) is 0 Å². The first-order valence-corrected chi connectivity index (χ1v) is 13.1. The van der Waals surface area contributed by atoms with Gasteiger partial charge >= 0.3 is 0 Å². The molecule has 2 heteroatoms. The van der Waals surface area contributed by atoms with Gasteiger partial charge in [0.25, 0.3) is 0 Å². The van der Waals surface area contributed by atoms with Gasteiger partial charge in [0.2, 0.25) is 0 Å². The zero-order chi connectivity index (χ0) is 20.2. The van der Waals surface area contributed by atoms with Crippen LogP contribution in [0, 0.1) is 52.3 Å². The standard InChI is InChI=1S/C27H45NO/c1-18(2)6-5-7-19(3)23-12-13-24-22-11-9-20-8-10-21-16-27(20,17-28-29-21)25(22)14-15-26(23,24)4/h17-25H,5-16H2,1-4H3. The molecule has 2 nitrogen and oxygen atoms in total. The summed E-state index contributed by atoms with van der Waals surface area (Å²) in [7, 11) is 0. The van der Waals surface area contributed by atoms with Crippen LogP contribution in [0.5, 0.6) is 0 Å². The number of nitrogens with zero attached hydrogens (tertiary/aromatic N) is 1. The number of fused-ring (bicyclic) bond motifs is 4. The van der Waals surface area contributed by atoms with Crippen molar-refractivity contribution in [2.45, 2.75) is 111 Å². The first-order valence-electron chi connectivity index (χ1n) is 13.1. The van der Waals surface area contributed by atoms with Gasteiger partial charge in [0.1, 0.15) is 6.10 Å². The maximum Gasteiger partial charge on any atom is 0.128 e.